The predicted octanol–water partition coefficient (Wildman–Crippen LogP) is 2.03. The highest BCUT2D eigenvalue weighted by atomic mass is 16.5. The van der Waals surface area contributed by atoms with Crippen molar-refractivity contribution in [1.29, 1.82) is 0 Å². The molecule has 3 heterocycles. The molecule has 0 unspecified atom stereocenters. The monoisotopic (exact) mass is 364 g/mol. The zero-order valence-electron chi connectivity index (χ0n) is 14.7. The maximum absolute atomic E-state index is 12.3. The quantitative estimate of drug-likeness (QED) is 0.577. The Labute approximate surface area is 154 Å². The van der Waals surface area contributed by atoms with Crippen molar-refractivity contribution in [1.82, 2.24) is 30.1 Å². The molecule has 27 heavy (non-hydrogen) atoms. The number of ether oxygens (including phenoxy) is 1. The summed E-state index contributed by atoms with van der Waals surface area (Å²) in [6.07, 6.45) is 1.82. The van der Waals surface area contributed by atoms with Crippen molar-refractivity contribution < 1.29 is 14.1 Å². The van der Waals surface area contributed by atoms with Gasteiger partial charge in [0.1, 0.15) is 5.75 Å². The molecular weight excluding hydrogens is 348 g/mol. The van der Waals surface area contributed by atoms with E-state index in [9.17, 15) is 4.79 Å². The third-order valence-corrected chi connectivity index (χ3v) is 4.02. The normalized spacial score (nSPS) is 10.9. The lowest BCUT2D eigenvalue weighted by molar-refractivity contribution is 0.0949. The zero-order valence-corrected chi connectivity index (χ0v) is 14.7. The fourth-order valence-electron chi connectivity index (χ4n) is 2.66. The molecule has 9 nitrogen and oxygen atoms in total. The molecule has 0 saturated carbocycles. The molecule has 9 heteroatoms. The minimum atomic E-state index is -0.210. The van der Waals surface area contributed by atoms with E-state index in [0.29, 0.717) is 40.1 Å². The van der Waals surface area contributed by atoms with Gasteiger partial charge in [0.25, 0.3) is 11.8 Å². The average molecular weight is 364 g/mol. The first-order chi connectivity index (χ1) is 13.2. The van der Waals surface area contributed by atoms with Crippen LogP contribution in [-0.2, 0) is 6.54 Å². The van der Waals surface area contributed by atoms with E-state index in [-0.39, 0.29) is 12.5 Å². The third kappa shape index (κ3) is 3.22. The van der Waals surface area contributed by atoms with Crippen molar-refractivity contribution in [3.05, 3.63) is 59.8 Å². The Morgan fingerprint density at radius 3 is 2.74 bits per heavy atom. The van der Waals surface area contributed by atoms with Crippen LogP contribution >= 0.6 is 0 Å². The van der Waals surface area contributed by atoms with Crippen molar-refractivity contribution in [3.63, 3.8) is 0 Å². The van der Waals surface area contributed by atoms with Crippen LogP contribution in [0.25, 0.3) is 17.1 Å². The summed E-state index contributed by atoms with van der Waals surface area (Å²) in [4.78, 5) is 16.6. The maximum Gasteiger partial charge on any atom is 0.261 e. The Morgan fingerprint density at radius 1 is 1.22 bits per heavy atom. The number of carbonyl (C=O) groups excluding carboxylic acids is 1. The summed E-state index contributed by atoms with van der Waals surface area (Å²) >= 11 is 0. The number of hydrogen-bond acceptors (Lipinski definition) is 7. The number of aromatic nitrogens is 5. The number of carbonyl (C=O) groups is 1. The van der Waals surface area contributed by atoms with Gasteiger partial charge in [-0.1, -0.05) is 5.16 Å². The lowest BCUT2D eigenvalue weighted by atomic mass is 10.2. The smallest absolute Gasteiger partial charge is 0.261 e. The molecule has 4 aromatic rings. The van der Waals surface area contributed by atoms with E-state index in [1.807, 2.05) is 18.3 Å². The van der Waals surface area contributed by atoms with Gasteiger partial charge < -0.3 is 14.6 Å². The van der Waals surface area contributed by atoms with Gasteiger partial charge in [0.2, 0.25) is 0 Å². The van der Waals surface area contributed by atoms with Crippen LogP contribution in [0.5, 0.6) is 5.75 Å². The fraction of sp³-hybridized carbons (Fsp3) is 0.167. The Bertz CT molecular complexity index is 1100. The van der Waals surface area contributed by atoms with Crippen molar-refractivity contribution in [2.75, 3.05) is 7.11 Å². The molecule has 1 N–H and O–H groups in total. The minimum Gasteiger partial charge on any atom is -0.497 e. The van der Waals surface area contributed by atoms with Crippen molar-refractivity contribution >= 4 is 11.6 Å². The maximum atomic E-state index is 12.3. The molecule has 0 aliphatic rings. The van der Waals surface area contributed by atoms with Crippen LogP contribution in [0.4, 0.5) is 0 Å². The van der Waals surface area contributed by atoms with Gasteiger partial charge in [-0.3, -0.25) is 9.20 Å². The number of pyridine rings is 1. The highest BCUT2D eigenvalue weighted by molar-refractivity contribution is 5.94. The van der Waals surface area contributed by atoms with Crippen molar-refractivity contribution in [2.45, 2.75) is 13.5 Å². The third-order valence-electron chi connectivity index (χ3n) is 4.02. The highest BCUT2D eigenvalue weighted by Crippen LogP contribution is 2.22. The number of rotatable bonds is 5. The molecule has 136 valence electrons. The summed E-state index contributed by atoms with van der Waals surface area (Å²) in [5.74, 6) is 1.99. The summed E-state index contributed by atoms with van der Waals surface area (Å²) in [6, 6.07) is 10.5. The van der Waals surface area contributed by atoms with Crippen LogP contribution in [0.2, 0.25) is 0 Å². The molecule has 0 fully saturated rings. The Balaban J connectivity index is 1.55. The van der Waals surface area contributed by atoms with Crippen molar-refractivity contribution in [2.24, 2.45) is 0 Å². The van der Waals surface area contributed by atoms with E-state index < -0.39 is 0 Å². The first kappa shape index (κ1) is 16.7. The molecule has 0 bridgehead atoms. The summed E-state index contributed by atoms with van der Waals surface area (Å²) in [5, 5.41) is 15.0. The van der Waals surface area contributed by atoms with Crippen LogP contribution in [0, 0.1) is 6.92 Å². The standard InChI is InChI=1S/C18H16N6O3/c1-11-20-18(27-23-11)14-4-3-9-24-15(21-22-16(14)24)10-19-17(25)12-5-7-13(26-2)8-6-12/h3-9H,10H2,1-2H3,(H,19,25). The first-order valence-electron chi connectivity index (χ1n) is 8.21. The van der Waals surface area contributed by atoms with E-state index in [1.165, 1.54) is 0 Å². The van der Waals surface area contributed by atoms with E-state index >= 15 is 0 Å². The van der Waals surface area contributed by atoms with Crippen LogP contribution in [0.15, 0.2) is 47.1 Å². The molecule has 0 atom stereocenters. The Hall–Kier alpha value is -3.75. The molecule has 0 radical (unpaired) electrons. The van der Waals surface area contributed by atoms with Crippen LogP contribution in [-0.4, -0.2) is 37.8 Å². The number of aryl methyl sites for hydroxylation is 1. The largest absolute Gasteiger partial charge is 0.497 e. The van der Waals surface area contributed by atoms with Gasteiger partial charge in [-0.2, -0.15) is 4.98 Å². The number of fused-ring (bicyclic) bond motifs is 1. The first-order valence-corrected chi connectivity index (χ1v) is 8.21. The second-order valence-electron chi connectivity index (χ2n) is 5.79. The van der Waals surface area contributed by atoms with Crippen LogP contribution in [0.1, 0.15) is 22.0 Å². The van der Waals surface area contributed by atoms with E-state index in [4.69, 9.17) is 9.26 Å². The number of nitrogens with zero attached hydrogens (tertiary/aromatic N) is 5. The second-order valence-corrected chi connectivity index (χ2v) is 5.79. The Kier molecular flexibility index (Phi) is 4.25. The van der Waals surface area contributed by atoms with E-state index in [0.717, 1.165) is 0 Å². The minimum absolute atomic E-state index is 0.210. The molecule has 1 aromatic carbocycles. The number of amides is 1. The number of hydrogen-bond donors (Lipinski definition) is 1. The number of nitrogens with one attached hydrogen (secondary N) is 1. The molecule has 0 saturated heterocycles. The summed E-state index contributed by atoms with van der Waals surface area (Å²) in [6.45, 7) is 1.97. The molecule has 0 spiro atoms. The average Bonchev–Trinajstić information content (AvgIpc) is 3.32. The van der Waals surface area contributed by atoms with E-state index in [1.54, 1.807) is 42.7 Å². The topological polar surface area (TPSA) is 107 Å². The summed E-state index contributed by atoms with van der Waals surface area (Å²) in [5.41, 5.74) is 1.79. The fourth-order valence-corrected chi connectivity index (χ4v) is 2.66. The van der Waals surface area contributed by atoms with E-state index in [2.05, 4.69) is 25.7 Å². The van der Waals surface area contributed by atoms with Crippen molar-refractivity contribution in [3.8, 4) is 17.2 Å². The molecule has 0 aliphatic heterocycles. The molecule has 4 rings (SSSR count). The lowest BCUT2D eigenvalue weighted by Crippen LogP contribution is -2.23. The zero-order chi connectivity index (χ0) is 18.8. The van der Waals surface area contributed by atoms with Crippen LogP contribution < -0.4 is 10.1 Å². The number of methoxy groups -OCH3 is 1. The molecule has 0 aliphatic carbocycles. The molecule has 3 aromatic heterocycles. The van der Waals surface area contributed by atoms with Crippen LogP contribution in [0.3, 0.4) is 0 Å². The summed E-state index contributed by atoms with van der Waals surface area (Å²) < 4.78 is 12.1. The molecule has 1 amide bonds. The lowest BCUT2D eigenvalue weighted by Gasteiger charge is -2.06. The summed E-state index contributed by atoms with van der Waals surface area (Å²) in [7, 11) is 1.58. The second kappa shape index (κ2) is 6.87. The van der Waals surface area contributed by atoms with Gasteiger partial charge >= 0.3 is 0 Å². The van der Waals surface area contributed by atoms with Gasteiger partial charge in [0, 0.05) is 11.8 Å². The molecular formula is C18H16N6O3. The van der Waals surface area contributed by atoms with Gasteiger partial charge in [0.05, 0.1) is 19.2 Å². The van der Waals surface area contributed by atoms with Gasteiger partial charge in [-0.15, -0.1) is 10.2 Å². The van der Waals surface area contributed by atoms with Gasteiger partial charge in [0.15, 0.2) is 17.3 Å². The number of benzene rings is 1. The predicted molar refractivity (Wildman–Crippen MR) is 95.2 cm³/mol. The Morgan fingerprint density at radius 2 is 2.04 bits per heavy atom. The van der Waals surface area contributed by atoms with Gasteiger partial charge in [-0.05, 0) is 43.3 Å². The SMILES string of the molecule is COc1ccc(C(=O)NCc2nnc3c(-c4nc(C)no4)cccn23)cc1. The highest BCUT2D eigenvalue weighted by Gasteiger charge is 2.15. The van der Waals surface area contributed by atoms with Gasteiger partial charge in [-0.25, -0.2) is 0 Å².